The second kappa shape index (κ2) is 11.0. The zero-order valence-corrected chi connectivity index (χ0v) is 20.4. The molecule has 7 heteroatoms. The van der Waals surface area contributed by atoms with Crippen LogP contribution in [0.3, 0.4) is 0 Å². The topological polar surface area (TPSA) is 49.9 Å². The quantitative estimate of drug-likeness (QED) is 0.389. The maximum Gasteiger partial charge on any atom is 0.410 e. The van der Waals surface area contributed by atoms with E-state index in [1.54, 1.807) is 15.9 Å². The Morgan fingerprint density at radius 3 is 2.34 bits per heavy atom. The highest BCUT2D eigenvalue weighted by Gasteiger charge is 2.44. The number of aryl methyl sites for hydroxylation is 1. The summed E-state index contributed by atoms with van der Waals surface area (Å²) < 4.78 is 18.9. The summed E-state index contributed by atoms with van der Waals surface area (Å²) in [5.74, 6) is 0.366. The van der Waals surface area contributed by atoms with Crippen molar-refractivity contribution in [3.05, 3.63) is 58.9 Å². The number of hydrogen-bond donors (Lipinski definition) is 0. The summed E-state index contributed by atoms with van der Waals surface area (Å²) in [5, 5.41) is 0.840. The van der Waals surface area contributed by atoms with Crippen LogP contribution in [0.2, 0.25) is 5.02 Å². The maximum atomic E-state index is 13.4. The summed E-state index contributed by atoms with van der Waals surface area (Å²) >= 11 is 5.71. The lowest BCUT2D eigenvalue weighted by atomic mass is 10.0. The van der Waals surface area contributed by atoms with Crippen LogP contribution in [0.15, 0.2) is 48.3 Å². The Morgan fingerprint density at radius 1 is 1.28 bits per heavy atom. The third-order valence-electron chi connectivity index (χ3n) is 5.26. The molecule has 1 unspecified atom stereocenters. The van der Waals surface area contributed by atoms with E-state index in [0.29, 0.717) is 24.6 Å². The van der Waals surface area contributed by atoms with Gasteiger partial charge in [0.15, 0.2) is 0 Å². The van der Waals surface area contributed by atoms with Crippen LogP contribution in [0.1, 0.15) is 52.5 Å². The summed E-state index contributed by atoms with van der Waals surface area (Å²) in [4.78, 5) is 27.2. The number of allylic oxidation sites excluding steroid dienone is 2. The average Bonchev–Trinajstić information content (AvgIpc) is 3.53. The molecule has 0 bridgehead atoms. The highest BCUT2D eigenvalue weighted by atomic mass is 35.5. The van der Waals surface area contributed by atoms with Gasteiger partial charge >= 0.3 is 12.1 Å². The van der Waals surface area contributed by atoms with Crippen LogP contribution in [0.25, 0.3) is 0 Å². The van der Waals surface area contributed by atoms with Gasteiger partial charge in [-0.1, -0.05) is 49.4 Å². The first-order valence-corrected chi connectivity index (χ1v) is 11.4. The molecule has 3 rings (SSSR count). The second-order valence-corrected chi connectivity index (χ2v) is 9.62. The molecular weight excluding hydrogens is 431 g/mol. The van der Waals surface area contributed by atoms with E-state index in [0.717, 1.165) is 23.4 Å². The molecule has 1 aliphatic heterocycles. The number of piperazine rings is 1. The number of rotatable bonds is 4. The van der Waals surface area contributed by atoms with Gasteiger partial charge in [0.25, 0.3) is 0 Å². The van der Waals surface area contributed by atoms with E-state index in [2.05, 4.69) is 6.58 Å². The van der Waals surface area contributed by atoms with Crippen molar-refractivity contribution in [3.63, 3.8) is 0 Å². The van der Waals surface area contributed by atoms with Crippen LogP contribution in [-0.2, 0) is 9.53 Å². The van der Waals surface area contributed by atoms with Gasteiger partial charge in [0, 0.05) is 17.3 Å². The van der Waals surface area contributed by atoms with Gasteiger partial charge in [-0.15, -0.1) is 0 Å². The molecule has 0 spiro atoms. The second-order valence-electron chi connectivity index (χ2n) is 9.21. The summed E-state index contributed by atoms with van der Waals surface area (Å²) in [6.45, 7) is 13.9. The van der Waals surface area contributed by atoms with Crippen molar-refractivity contribution in [1.82, 2.24) is 9.80 Å². The standard InChI is InChI=1S/C18H27FN2O3.C7H7Cl/c1-6-7-14(16(19)22)20-11-15(13-8-9-13)21(10-12(20)2)17(23)24-18(3,4)5;1-6-4-2-3-5-7(6)8/h7,13,15H,2,6,8-11H2,1,3-5H3;2-5H,1H3/b14-7-;. The summed E-state index contributed by atoms with van der Waals surface area (Å²) in [5.41, 5.74) is 1.11. The Bertz CT molecular complexity index is 853. The Hall–Kier alpha value is -2.34. The fraction of sp³-hybridized carbons (Fsp3) is 0.520. The predicted molar refractivity (Wildman–Crippen MR) is 126 cm³/mol. The number of benzene rings is 1. The van der Waals surface area contributed by atoms with Crippen molar-refractivity contribution < 1.29 is 18.7 Å². The van der Waals surface area contributed by atoms with Crippen LogP contribution in [0.4, 0.5) is 9.18 Å². The van der Waals surface area contributed by atoms with Crippen LogP contribution in [0.5, 0.6) is 0 Å². The first-order chi connectivity index (χ1) is 14.9. The Balaban J connectivity index is 0.000000380. The van der Waals surface area contributed by atoms with E-state index in [4.69, 9.17) is 16.3 Å². The van der Waals surface area contributed by atoms with Gasteiger partial charge in [0.05, 0.1) is 12.6 Å². The largest absolute Gasteiger partial charge is 0.444 e. The minimum absolute atomic E-state index is 0.0250. The first kappa shape index (κ1) is 25.9. The zero-order chi connectivity index (χ0) is 24.1. The van der Waals surface area contributed by atoms with Crippen molar-refractivity contribution in [2.24, 2.45) is 5.92 Å². The number of ether oxygens (including phenoxy) is 1. The molecule has 5 nitrogen and oxygen atoms in total. The maximum absolute atomic E-state index is 13.4. The SMILES string of the molecule is C=C1CN(C(=O)OC(C)(C)C)C(C2CC2)CN1/C(=C\CC)C(=O)F.Cc1ccccc1Cl. The summed E-state index contributed by atoms with van der Waals surface area (Å²) in [6, 6.07) is 6.22. The Labute approximate surface area is 195 Å². The average molecular weight is 465 g/mol. The monoisotopic (exact) mass is 464 g/mol. The Kier molecular flexibility index (Phi) is 8.90. The molecule has 1 saturated heterocycles. The summed E-state index contributed by atoms with van der Waals surface area (Å²) in [6.07, 6.45) is 3.80. The molecule has 1 heterocycles. The van der Waals surface area contributed by atoms with Crippen molar-refractivity contribution in [2.45, 2.75) is 65.5 Å². The minimum atomic E-state index is -1.46. The third kappa shape index (κ3) is 7.37. The molecule has 1 aromatic carbocycles. The molecule has 0 aromatic heterocycles. The molecule has 1 amide bonds. The number of amides is 1. The molecule has 1 saturated carbocycles. The lowest BCUT2D eigenvalue weighted by molar-refractivity contribution is -0.127. The van der Waals surface area contributed by atoms with E-state index >= 15 is 0 Å². The highest BCUT2D eigenvalue weighted by Crippen LogP contribution is 2.39. The van der Waals surface area contributed by atoms with Crippen molar-refractivity contribution in [1.29, 1.82) is 0 Å². The van der Waals surface area contributed by atoms with E-state index in [1.807, 2.05) is 58.9 Å². The van der Waals surface area contributed by atoms with Crippen molar-refractivity contribution in [2.75, 3.05) is 13.1 Å². The first-order valence-electron chi connectivity index (χ1n) is 11.0. The molecular formula is C25H34ClFN2O3. The lowest BCUT2D eigenvalue weighted by Gasteiger charge is -2.44. The molecule has 2 fully saturated rings. The van der Waals surface area contributed by atoms with Crippen LogP contribution < -0.4 is 0 Å². The molecule has 32 heavy (non-hydrogen) atoms. The fourth-order valence-corrected chi connectivity index (χ4v) is 3.66. The fourth-order valence-electron chi connectivity index (χ4n) is 3.53. The van der Waals surface area contributed by atoms with Gasteiger partial charge in [-0.3, -0.25) is 9.69 Å². The van der Waals surface area contributed by atoms with Crippen LogP contribution in [-0.4, -0.2) is 46.7 Å². The van der Waals surface area contributed by atoms with Crippen LogP contribution in [0, 0.1) is 12.8 Å². The number of hydrogen-bond acceptors (Lipinski definition) is 4. The van der Waals surface area contributed by atoms with E-state index in [9.17, 15) is 14.0 Å². The predicted octanol–water partition coefficient (Wildman–Crippen LogP) is 6.27. The zero-order valence-electron chi connectivity index (χ0n) is 19.7. The number of carbonyl (C=O) groups is 2. The molecule has 2 aliphatic rings. The van der Waals surface area contributed by atoms with E-state index in [-0.39, 0.29) is 24.4 Å². The molecule has 0 radical (unpaired) electrons. The van der Waals surface area contributed by atoms with Gasteiger partial charge in [0.2, 0.25) is 0 Å². The number of nitrogens with zero attached hydrogens (tertiary/aromatic N) is 2. The molecule has 1 aliphatic carbocycles. The third-order valence-corrected chi connectivity index (χ3v) is 5.69. The van der Waals surface area contributed by atoms with Crippen LogP contribution >= 0.6 is 11.6 Å². The summed E-state index contributed by atoms with van der Waals surface area (Å²) in [7, 11) is 0. The van der Waals surface area contributed by atoms with Gasteiger partial charge in [-0.2, -0.15) is 4.39 Å². The number of carbonyl (C=O) groups excluding carboxylic acids is 2. The smallest absolute Gasteiger partial charge is 0.410 e. The lowest BCUT2D eigenvalue weighted by Crippen LogP contribution is -2.55. The normalized spacial score (nSPS) is 19.3. The molecule has 0 N–H and O–H groups in total. The number of halogens is 2. The van der Waals surface area contributed by atoms with Crippen molar-refractivity contribution in [3.8, 4) is 0 Å². The molecule has 1 atom stereocenters. The van der Waals surface area contributed by atoms with E-state index < -0.39 is 11.6 Å². The van der Waals surface area contributed by atoms with Gasteiger partial charge in [-0.25, -0.2) is 4.79 Å². The van der Waals surface area contributed by atoms with Gasteiger partial charge < -0.3 is 9.64 Å². The van der Waals surface area contributed by atoms with Gasteiger partial charge in [0.1, 0.15) is 11.3 Å². The molecule has 1 aromatic rings. The highest BCUT2D eigenvalue weighted by molar-refractivity contribution is 6.31. The van der Waals surface area contributed by atoms with Gasteiger partial charge in [-0.05, 0) is 64.5 Å². The molecule has 176 valence electrons. The van der Waals surface area contributed by atoms with Crippen molar-refractivity contribution >= 4 is 23.7 Å². The Morgan fingerprint density at radius 2 is 1.91 bits per heavy atom. The minimum Gasteiger partial charge on any atom is -0.444 e. The van der Waals surface area contributed by atoms with E-state index in [1.165, 1.54) is 0 Å².